The lowest BCUT2D eigenvalue weighted by Gasteiger charge is -2.11. The Morgan fingerprint density at radius 3 is 2.24 bits per heavy atom. The number of rotatable bonds is 3. The summed E-state index contributed by atoms with van der Waals surface area (Å²) in [5.74, 6) is 0.0595. The summed E-state index contributed by atoms with van der Waals surface area (Å²) in [6.07, 6.45) is -3.19. The first-order valence-corrected chi connectivity index (χ1v) is 6.15. The first-order valence-electron chi connectivity index (χ1n) is 5.77. The fourth-order valence-electron chi connectivity index (χ4n) is 0.888. The first-order chi connectivity index (χ1) is 9.44. The SMILES string of the molecule is CC(C)(C)ON=O.Cc1cc(OCC(F)(F)F)cnc1Cl. The Labute approximate surface area is 125 Å². The van der Waals surface area contributed by atoms with Gasteiger partial charge in [-0.1, -0.05) is 11.6 Å². The molecule has 0 radical (unpaired) electrons. The zero-order valence-corrected chi connectivity index (χ0v) is 12.7. The molecule has 120 valence electrons. The number of aryl methyl sites for hydroxylation is 1. The van der Waals surface area contributed by atoms with Crippen LogP contribution >= 0.6 is 11.6 Å². The molecular weight excluding hydrogens is 313 g/mol. The van der Waals surface area contributed by atoms with Gasteiger partial charge in [0, 0.05) is 0 Å². The van der Waals surface area contributed by atoms with Crippen molar-refractivity contribution in [2.24, 2.45) is 5.34 Å². The zero-order valence-electron chi connectivity index (χ0n) is 12.0. The van der Waals surface area contributed by atoms with E-state index in [0.29, 0.717) is 5.56 Å². The number of hydrogen-bond donors (Lipinski definition) is 0. The predicted molar refractivity (Wildman–Crippen MR) is 72.2 cm³/mol. The van der Waals surface area contributed by atoms with Crippen LogP contribution < -0.4 is 4.74 Å². The summed E-state index contributed by atoms with van der Waals surface area (Å²) < 4.78 is 39.7. The second-order valence-corrected chi connectivity index (χ2v) is 5.32. The van der Waals surface area contributed by atoms with Gasteiger partial charge in [0.05, 0.1) is 6.20 Å². The van der Waals surface area contributed by atoms with Crippen LogP contribution in [0.1, 0.15) is 26.3 Å². The summed E-state index contributed by atoms with van der Waals surface area (Å²) >= 11 is 5.58. The molecule has 1 heterocycles. The maximum absolute atomic E-state index is 11.7. The van der Waals surface area contributed by atoms with Crippen molar-refractivity contribution in [2.75, 3.05) is 6.61 Å². The van der Waals surface area contributed by atoms with Crippen LogP contribution in [-0.2, 0) is 4.84 Å². The van der Waals surface area contributed by atoms with Crippen molar-refractivity contribution in [3.8, 4) is 5.75 Å². The summed E-state index contributed by atoms with van der Waals surface area (Å²) in [7, 11) is 0. The third-order valence-electron chi connectivity index (χ3n) is 1.70. The number of ether oxygens (including phenoxy) is 1. The summed E-state index contributed by atoms with van der Waals surface area (Å²) in [6.45, 7) is 5.59. The summed E-state index contributed by atoms with van der Waals surface area (Å²) in [5, 5.41) is 2.51. The van der Waals surface area contributed by atoms with E-state index < -0.39 is 18.4 Å². The highest BCUT2D eigenvalue weighted by molar-refractivity contribution is 6.30. The Hall–Kier alpha value is -1.57. The number of pyridine rings is 1. The van der Waals surface area contributed by atoms with Crippen molar-refractivity contribution in [3.63, 3.8) is 0 Å². The van der Waals surface area contributed by atoms with E-state index in [9.17, 15) is 18.1 Å². The van der Waals surface area contributed by atoms with Gasteiger partial charge in [-0.25, -0.2) is 4.98 Å². The monoisotopic (exact) mass is 328 g/mol. The molecule has 0 aliphatic carbocycles. The molecule has 1 aromatic rings. The lowest BCUT2D eigenvalue weighted by Crippen LogP contribution is -2.19. The average Bonchev–Trinajstić information content (AvgIpc) is 2.29. The third-order valence-corrected chi connectivity index (χ3v) is 2.10. The number of hydrogen-bond acceptors (Lipinski definition) is 5. The highest BCUT2D eigenvalue weighted by Gasteiger charge is 2.28. The second-order valence-electron chi connectivity index (χ2n) is 4.96. The minimum Gasteiger partial charge on any atom is -0.482 e. The molecule has 0 atom stereocenters. The smallest absolute Gasteiger partial charge is 0.422 e. The van der Waals surface area contributed by atoms with Crippen LogP contribution in [0.25, 0.3) is 0 Å². The molecule has 0 spiro atoms. The number of nitrogens with zero attached hydrogens (tertiary/aromatic N) is 2. The van der Waals surface area contributed by atoms with Crippen LogP contribution in [0.5, 0.6) is 5.75 Å². The maximum atomic E-state index is 11.7. The molecule has 5 nitrogen and oxygen atoms in total. The van der Waals surface area contributed by atoms with E-state index in [0.717, 1.165) is 6.20 Å². The molecule has 0 fully saturated rings. The predicted octanol–water partition coefficient (Wildman–Crippen LogP) is 4.47. The van der Waals surface area contributed by atoms with Gasteiger partial charge in [-0.3, -0.25) is 0 Å². The lowest BCUT2D eigenvalue weighted by atomic mass is 10.2. The first kappa shape index (κ1) is 19.4. The molecule has 9 heteroatoms. The van der Waals surface area contributed by atoms with Gasteiger partial charge >= 0.3 is 6.18 Å². The minimum atomic E-state index is -4.34. The van der Waals surface area contributed by atoms with Gasteiger partial charge < -0.3 is 9.57 Å². The number of halogens is 4. The molecular formula is C12H16ClF3N2O3. The highest BCUT2D eigenvalue weighted by Crippen LogP contribution is 2.21. The standard InChI is InChI=1S/C8H7ClF3NO.C4H9NO2/c1-5-2-6(3-13-7(5)9)14-4-8(10,11)12;1-4(2,3)7-5-6/h2-3H,4H2,1H3;1-3H3. The van der Waals surface area contributed by atoms with Crippen molar-refractivity contribution in [1.82, 2.24) is 4.98 Å². The Balaban J connectivity index is 0.000000486. The largest absolute Gasteiger partial charge is 0.482 e. The fourth-order valence-corrected chi connectivity index (χ4v) is 0.992. The minimum absolute atomic E-state index is 0.0595. The van der Waals surface area contributed by atoms with E-state index in [2.05, 4.69) is 19.9 Å². The van der Waals surface area contributed by atoms with E-state index in [1.807, 2.05) is 0 Å². The van der Waals surface area contributed by atoms with Crippen molar-refractivity contribution in [2.45, 2.75) is 39.5 Å². The van der Waals surface area contributed by atoms with Crippen LogP contribution in [0, 0.1) is 11.8 Å². The maximum Gasteiger partial charge on any atom is 0.422 e. The topological polar surface area (TPSA) is 60.8 Å². The summed E-state index contributed by atoms with van der Waals surface area (Å²) in [6, 6.07) is 1.40. The summed E-state index contributed by atoms with van der Waals surface area (Å²) in [5.41, 5.74) is 0.146. The number of alkyl halides is 3. The van der Waals surface area contributed by atoms with Gasteiger partial charge in [0.15, 0.2) is 11.9 Å². The molecule has 0 saturated carbocycles. The van der Waals surface area contributed by atoms with Crippen LogP contribution in [-0.4, -0.2) is 23.4 Å². The van der Waals surface area contributed by atoms with E-state index in [4.69, 9.17) is 11.6 Å². The van der Waals surface area contributed by atoms with Crippen LogP contribution in [0.3, 0.4) is 0 Å². The molecule has 1 aromatic heterocycles. The summed E-state index contributed by atoms with van der Waals surface area (Å²) in [4.78, 5) is 17.3. The van der Waals surface area contributed by atoms with Crippen molar-refractivity contribution in [1.29, 1.82) is 0 Å². The second kappa shape index (κ2) is 8.02. The van der Waals surface area contributed by atoms with Crippen LogP contribution in [0.4, 0.5) is 13.2 Å². The molecule has 0 amide bonds. The Morgan fingerprint density at radius 1 is 1.33 bits per heavy atom. The van der Waals surface area contributed by atoms with Crippen molar-refractivity contribution >= 4 is 11.6 Å². The van der Waals surface area contributed by atoms with Crippen LogP contribution in [0.2, 0.25) is 5.15 Å². The molecule has 0 unspecified atom stereocenters. The molecule has 1 rings (SSSR count). The molecule has 0 aromatic carbocycles. The fraction of sp³-hybridized carbons (Fsp3) is 0.583. The van der Waals surface area contributed by atoms with Crippen molar-refractivity contribution < 1.29 is 22.7 Å². The van der Waals surface area contributed by atoms with E-state index in [1.54, 1.807) is 27.7 Å². The average molecular weight is 329 g/mol. The van der Waals surface area contributed by atoms with E-state index in [-0.39, 0.29) is 10.9 Å². The van der Waals surface area contributed by atoms with Crippen molar-refractivity contribution in [3.05, 3.63) is 27.9 Å². The number of aromatic nitrogens is 1. The Morgan fingerprint density at radius 2 is 1.90 bits per heavy atom. The Bertz CT molecular complexity index is 462. The molecule has 0 aliphatic heterocycles. The molecule has 0 N–H and O–H groups in total. The third kappa shape index (κ3) is 10.8. The van der Waals surface area contributed by atoms with E-state index in [1.165, 1.54) is 6.07 Å². The molecule has 0 aliphatic rings. The van der Waals surface area contributed by atoms with Gasteiger partial charge in [0.25, 0.3) is 0 Å². The van der Waals surface area contributed by atoms with Gasteiger partial charge in [0.1, 0.15) is 16.5 Å². The molecule has 0 saturated heterocycles. The van der Waals surface area contributed by atoms with Gasteiger partial charge in [0.2, 0.25) is 0 Å². The van der Waals surface area contributed by atoms with Gasteiger partial charge in [-0.15, -0.1) is 4.91 Å². The van der Waals surface area contributed by atoms with E-state index >= 15 is 0 Å². The molecule has 21 heavy (non-hydrogen) atoms. The highest BCUT2D eigenvalue weighted by atomic mass is 35.5. The lowest BCUT2D eigenvalue weighted by molar-refractivity contribution is -0.153. The zero-order chi connectivity index (χ0) is 16.7. The van der Waals surface area contributed by atoms with Gasteiger partial charge in [-0.2, -0.15) is 13.2 Å². The molecule has 0 bridgehead atoms. The normalized spacial score (nSPS) is 11.2. The van der Waals surface area contributed by atoms with Crippen LogP contribution in [0.15, 0.2) is 17.6 Å². The quantitative estimate of drug-likeness (QED) is 0.466. The van der Waals surface area contributed by atoms with Gasteiger partial charge in [-0.05, 0) is 39.3 Å². The Kier molecular flexibility index (Phi) is 7.42.